The number of thioether (sulfide) groups is 1. The molecule has 94 valence electrons. The SMILES string of the molecule is Cc1ccc(N)c(SCCCCCC(=O)O)c1. The van der Waals surface area contributed by atoms with E-state index in [-0.39, 0.29) is 6.42 Å². The van der Waals surface area contributed by atoms with Crippen molar-refractivity contribution in [1.82, 2.24) is 0 Å². The van der Waals surface area contributed by atoms with Gasteiger partial charge in [0, 0.05) is 17.0 Å². The maximum Gasteiger partial charge on any atom is 0.303 e. The van der Waals surface area contributed by atoms with Crippen LogP contribution in [0.15, 0.2) is 23.1 Å². The second kappa shape index (κ2) is 7.22. The summed E-state index contributed by atoms with van der Waals surface area (Å²) in [6.45, 7) is 2.05. The van der Waals surface area contributed by atoms with Crippen LogP contribution in [0.3, 0.4) is 0 Å². The number of nitrogen functional groups attached to an aromatic ring is 1. The molecule has 0 aromatic heterocycles. The molecule has 0 aliphatic carbocycles. The smallest absolute Gasteiger partial charge is 0.303 e. The van der Waals surface area contributed by atoms with E-state index in [1.807, 2.05) is 12.1 Å². The second-order valence-electron chi connectivity index (χ2n) is 4.09. The molecule has 0 atom stereocenters. The predicted molar refractivity (Wildman–Crippen MR) is 72.4 cm³/mol. The zero-order chi connectivity index (χ0) is 12.7. The van der Waals surface area contributed by atoms with Gasteiger partial charge in [0.2, 0.25) is 0 Å². The molecule has 1 aromatic rings. The number of rotatable bonds is 7. The van der Waals surface area contributed by atoms with Gasteiger partial charge in [-0.05, 0) is 43.2 Å². The highest BCUT2D eigenvalue weighted by Crippen LogP contribution is 2.26. The Bertz CT molecular complexity index is 380. The van der Waals surface area contributed by atoms with Crippen LogP contribution < -0.4 is 5.73 Å². The third kappa shape index (κ3) is 5.63. The van der Waals surface area contributed by atoms with E-state index < -0.39 is 5.97 Å². The summed E-state index contributed by atoms with van der Waals surface area (Å²) in [4.78, 5) is 11.4. The molecule has 0 heterocycles. The molecule has 0 saturated heterocycles. The lowest BCUT2D eigenvalue weighted by molar-refractivity contribution is -0.137. The van der Waals surface area contributed by atoms with Gasteiger partial charge in [-0.15, -0.1) is 11.8 Å². The lowest BCUT2D eigenvalue weighted by Gasteiger charge is -2.06. The van der Waals surface area contributed by atoms with E-state index in [0.717, 1.165) is 35.6 Å². The number of aliphatic carboxylic acids is 1. The predicted octanol–water partition coefficient (Wildman–Crippen LogP) is 3.31. The molecule has 0 spiro atoms. The first kappa shape index (κ1) is 13.9. The van der Waals surface area contributed by atoms with Crippen molar-refractivity contribution in [2.75, 3.05) is 11.5 Å². The molecule has 4 heteroatoms. The fourth-order valence-corrected chi connectivity index (χ4v) is 2.58. The van der Waals surface area contributed by atoms with Gasteiger partial charge in [0.15, 0.2) is 0 Å². The Labute approximate surface area is 106 Å². The van der Waals surface area contributed by atoms with Gasteiger partial charge in [-0.3, -0.25) is 4.79 Å². The van der Waals surface area contributed by atoms with Crippen molar-refractivity contribution in [1.29, 1.82) is 0 Å². The van der Waals surface area contributed by atoms with E-state index in [1.165, 1.54) is 5.56 Å². The number of unbranched alkanes of at least 4 members (excludes halogenated alkanes) is 2. The number of carboxylic acid groups (broad SMARTS) is 1. The largest absolute Gasteiger partial charge is 0.481 e. The molecule has 0 radical (unpaired) electrons. The number of aryl methyl sites for hydroxylation is 1. The molecule has 0 aliphatic heterocycles. The van der Waals surface area contributed by atoms with Crippen molar-refractivity contribution in [3.8, 4) is 0 Å². The van der Waals surface area contributed by atoms with E-state index in [4.69, 9.17) is 10.8 Å². The monoisotopic (exact) mass is 253 g/mol. The Morgan fingerprint density at radius 2 is 2.12 bits per heavy atom. The lowest BCUT2D eigenvalue weighted by atomic mass is 10.2. The normalized spacial score (nSPS) is 10.4. The molecular weight excluding hydrogens is 234 g/mol. The van der Waals surface area contributed by atoms with Crippen LogP contribution in [-0.2, 0) is 4.79 Å². The van der Waals surface area contributed by atoms with Crippen LogP contribution >= 0.6 is 11.8 Å². The summed E-state index contributed by atoms with van der Waals surface area (Å²) in [7, 11) is 0. The quantitative estimate of drug-likeness (QED) is 0.444. The summed E-state index contributed by atoms with van der Waals surface area (Å²) in [5, 5.41) is 8.49. The number of carboxylic acids is 1. The highest BCUT2D eigenvalue weighted by molar-refractivity contribution is 7.99. The van der Waals surface area contributed by atoms with Gasteiger partial charge in [0.1, 0.15) is 0 Å². The van der Waals surface area contributed by atoms with Crippen molar-refractivity contribution in [3.63, 3.8) is 0 Å². The van der Waals surface area contributed by atoms with Crippen LogP contribution in [0.25, 0.3) is 0 Å². The molecule has 1 rings (SSSR count). The number of carbonyl (C=O) groups is 1. The van der Waals surface area contributed by atoms with Crippen molar-refractivity contribution < 1.29 is 9.90 Å². The highest BCUT2D eigenvalue weighted by Gasteiger charge is 2.01. The standard InChI is InChI=1S/C13H19NO2S/c1-10-6-7-11(14)12(9-10)17-8-4-2-3-5-13(15)16/h6-7,9H,2-5,8,14H2,1H3,(H,15,16). The van der Waals surface area contributed by atoms with Crippen molar-refractivity contribution in [3.05, 3.63) is 23.8 Å². The van der Waals surface area contributed by atoms with Crippen LogP contribution in [0.1, 0.15) is 31.2 Å². The summed E-state index contributed by atoms with van der Waals surface area (Å²) >= 11 is 1.75. The number of hydrogen-bond donors (Lipinski definition) is 2. The van der Waals surface area contributed by atoms with Gasteiger partial charge in [-0.25, -0.2) is 0 Å². The molecule has 0 saturated carbocycles. The number of anilines is 1. The molecule has 0 aliphatic rings. The maximum absolute atomic E-state index is 10.3. The van der Waals surface area contributed by atoms with Crippen LogP contribution in [0.5, 0.6) is 0 Å². The maximum atomic E-state index is 10.3. The van der Waals surface area contributed by atoms with Gasteiger partial charge in [0.25, 0.3) is 0 Å². The van der Waals surface area contributed by atoms with Crippen molar-refractivity contribution >= 4 is 23.4 Å². The number of hydrogen-bond acceptors (Lipinski definition) is 3. The number of nitrogens with two attached hydrogens (primary N) is 1. The minimum Gasteiger partial charge on any atom is -0.481 e. The topological polar surface area (TPSA) is 63.3 Å². The lowest BCUT2D eigenvalue weighted by Crippen LogP contribution is -1.94. The first-order chi connectivity index (χ1) is 8.09. The minimum absolute atomic E-state index is 0.275. The highest BCUT2D eigenvalue weighted by atomic mass is 32.2. The zero-order valence-electron chi connectivity index (χ0n) is 10.1. The minimum atomic E-state index is -0.708. The van der Waals surface area contributed by atoms with E-state index >= 15 is 0 Å². The van der Waals surface area contributed by atoms with Gasteiger partial charge in [-0.1, -0.05) is 12.5 Å². The van der Waals surface area contributed by atoms with Gasteiger partial charge in [-0.2, -0.15) is 0 Å². The Morgan fingerprint density at radius 1 is 1.35 bits per heavy atom. The Morgan fingerprint density at radius 3 is 2.82 bits per heavy atom. The summed E-state index contributed by atoms with van der Waals surface area (Å²) in [5.41, 5.74) is 7.91. The molecule has 3 nitrogen and oxygen atoms in total. The first-order valence-electron chi connectivity index (χ1n) is 5.80. The fraction of sp³-hybridized carbons (Fsp3) is 0.462. The average molecular weight is 253 g/mol. The molecule has 1 aromatic carbocycles. The Hall–Kier alpha value is -1.16. The summed E-state index contributed by atoms with van der Waals surface area (Å²) in [6.07, 6.45) is 3.03. The fourth-order valence-electron chi connectivity index (χ4n) is 1.50. The summed E-state index contributed by atoms with van der Waals surface area (Å²) < 4.78 is 0. The van der Waals surface area contributed by atoms with Crippen molar-refractivity contribution in [2.45, 2.75) is 37.5 Å². The molecule has 0 fully saturated rings. The molecule has 0 bridgehead atoms. The molecule has 0 amide bonds. The Kier molecular flexibility index (Phi) is 5.91. The van der Waals surface area contributed by atoms with Crippen LogP contribution in [0.4, 0.5) is 5.69 Å². The summed E-state index contributed by atoms with van der Waals surface area (Å²) in [6, 6.07) is 6.03. The van der Waals surface area contributed by atoms with E-state index in [2.05, 4.69) is 13.0 Å². The van der Waals surface area contributed by atoms with Crippen LogP contribution in [0.2, 0.25) is 0 Å². The Balaban J connectivity index is 2.22. The first-order valence-corrected chi connectivity index (χ1v) is 6.79. The second-order valence-corrected chi connectivity index (χ2v) is 5.23. The summed E-state index contributed by atoms with van der Waals surface area (Å²) in [5.74, 6) is 0.286. The van der Waals surface area contributed by atoms with Gasteiger partial charge < -0.3 is 10.8 Å². The molecule has 17 heavy (non-hydrogen) atoms. The molecule has 0 unspecified atom stereocenters. The van der Waals surface area contributed by atoms with Crippen LogP contribution in [0, 0.1) is 6.92 Å². The van der Waals surface area contributed by atoms with Crippen molar-refractivity contribution in [2.24, 2.45) is 0 Å². The third-order valence-corrected chi connectivity index (χ3v) is 3.62. The molecule has 3 N–H and O–H groups in total. The van der Waals surface area contributed by atoms with Gasteiger partial charge >= 0.3 is 5.97 Å². The third-order valence-electron chi connectivity index (χ3n) is 2.46. The van der Waals surface area contributed by atoms with E-state index in [9.17, 15) is 4.79 Å². The zero-order valence-corrected chi connectivity index (χ0v) is 10.9. The average Bonchev–Trinajstić information content (AvgIpc) is 2.27. The number of benzene rings is 1. The van der Waals surface area contributed by atoms with Gasteiger partial charge in [0.05, 0.1) is 0 Å². The molecular formula is C13H19NO2S. The van der Waals surface area contributed by atoms with Crippen LogP contribution in [-0.4, -0.2) is 16.8 Å². The van der Waals surface area contributed by atoms with E-state index in [1.54, 1.807) is 11.8 Å². The van der Waals surface area contributed by atoms with E-state index in [0.29, 0.717) is 0 Å².